The lowest BCUT2D eigenvalue weighted by Crippen LogP contribution is -2.19. The molecule has 1 fully saturated rings. The number of allylic oxidation sites excluding steroid dienone is 1. The number of carbonyl (C=O) groups is 1. The van der Waals surface area contributed by atoms with Crippen LogP contribution in [0.3, 0.4) is 0 Å². The highest BCUT2D eigenvalue weighted by molar-refractivity contribution is 8.18. The van der Waals surface area contributed by atoms with Gasteiger partial charge in [-0.15, -0.1) is 6.58 Å². The van der Waals surface area contributed by atoms with Crippen LogP contribution in [-0.4, -0.2) is 25.3 Å². The molecule has 0 unspecified atom stereocenters. The third kappa shape index (κ3) is 6.14. The summed E-state index contributed by atoms with van der Waals surface area (Å²) in [5.41, 5.74) is 3.17. The summed E-state index contributed by atoms with van der Waals surface area (Å²) >= 11 is 1.26. The highest BCUT2D eigenvalue weighted by atomic mass is 32.2. The van der Waals surface area contributed by atoms with Crippen molar-refractivity contribution in [3.05, 3.63) is 101 Å². The van der Waals surface area contributed by atoms with E-state index in [0.29, 0.717) is 33.7 Å². The molecule has 0 saturated carbocycles. The molecule has 0 bridgehead atoms. The molecule has 36 heavy (non-hydrogen) atoms. The van der Waals surface area contributed by atoms with Crippen LogP contribution in [0.5, 0.6) is 17.2 Å². The SMILES string of the molecule is C=CCc1cc(/C=C2/SC(=Nc3ccc(OC)cc3)NC2=O)cc(OC)c1OCc1ccc(F)cc1. The van der Waals surface area contributed by atoms with Crippen molar-refractivity contribution >= 4 is 34.6 Å². The fourth-order valence-corrected chi connectivity index (χ4v) is 4.37. The lowest BCUT2D eigenvalue weighted by atomic mass is 10.0. The summed E-state index contributed by atoms with van der Waals surface area (Å²) in [5.74, 6) is 1.31. The molecule has 0 atom stereocenters. The van der Waals surface area contributed by atoms with Gasteiger partial charge >= 0.3 is 0 Å². The van der Waals surface area contributed by atoms with Crippen LogP contribution < -0.4 is 19.5 Å². The predicted octanol–water partition coefficient (Wildman–Crippen LogP) is 6.04. The average molecular weight is 505 g/mol. The molecule has 1 saturated heterocycles. The van der Waals surface area contributed by atoms with E-state index in [4.69, 9.17) is 14.2 Å². The zero-order valence-electron chi connectivity index (χ0n) is 19.9. The first-order chi connectivity index (χ1) is 17.5. The first-order valence-electron chi connectivity index (χ1n) is 11.1. The Morgan fingerprint density at radius 2 is 1.81 bits per heavy atom. The Morgan fingerprint density at radius 3 is 2.47 bits per heavy atom. The van der Waals surface area contributed by atoms with Gasteiger partial charge in [0.2, 0.25) is 0 Å². The molecule has 0 aromatic heterocycles. The van der Waals surface area contributed by atoms with Gasteiger partial charge < -0.3 is 19.5 Å². The second kappa shape index (κ2) is 11.6. The topological polar surface area (TPSA) is 69.2 Å². The van der Waals surface area contributed by atoms with E-state index in [2.05, 4.69) is 16.9 Å². The van der Waals surface area contributed by atoms with Crippen LogP contribution in [0.15, 0.2) is 83.2 Å². The smallest absolute Gasteiger partial charge is 0.264 e. The zero-order valence-corrected chi connectivity index (χ0v) is 20.7. The standard InChI is InChI=1S/C28H25FN2O4S/c1-4-5-20-14-19(15-24(34-3)26(20)35-17-18-6-8-21(29)9-7-18)16-25-27(32)31-28(36-25)30-22-10-12-23(33-2)13-11-22/h4,6-16H,1,5,17H2,2-3H3,(H,30,31,32)/b25-16+. The maximum atomic E-state index is 13.2. The number of halogens is 1. The van der Waals surface area contributed by atoms with E-state index in [1.807, 2.05) is 36.4 Å². The van der Waals surface area contributed by atoms with Crippen molar-refractivity contribution in [3.8, 4) is 17.2 Å². The normalized spacial score (nSPS) is 15.1. The van der Waals surface area contributed by atoms with Crippen LogP contribution >= 0.6 is 11.8 Å². The van der Waals surface area contributed by atoms with Crippen molar-refractivity contribution in [1.29, 1.82) is 0 Å². The van der Waals surface area contributed by atoms with Crippen molar-refractivity contribution in [2.75, 3.05) is 14.2 Å². The van der Waals surface area contributed by atoms with Gasteiger partial charge in [-0.1, -0.05) is 18.2 Å². The van der Waals surface area contributed by atoms with E-state index >= 15 is 0 Å². The van der Waals surface area contributed by atoms with Crippen molar-refractivity contribution in [3.63, 3.8) is 0 Å². The monoisotopic (exact) mass is 504 g/mol. The number of thioether (sulfide) groups is 1. The molecule has 1 heterocycles. The van der Waals surface area contributed by atoms with Crippen LogP contribution in [0.25, 0.3) is 6.08 Å². The molecule has 3 aromatic rings. The molecule has 1 aliphatic heterocycles. The fraction of sp³-hybridized carbons (Fsp3) is 0.143. The Kier molecular flexibility index (Phi) is 8.07. The number of rotatable bonds is 9. The third-order valence-corrected chi connectivity index (χ3v) is 6.20. The molecule has 1 amide bonds. The molecule has 0 spiro atoms. The summed E-state index contributed by atoms with van der Waals surface area (Å²) < 4.78 is 30.0. The van der Waals surface area contributed by atoms with Gasteiger partial charge in [0, 0.05) is 5.56 Å². The minimum absolute atomic E-state index is 0.229. The molecule has 184 valence electrons. The van der Waals surface area contributed by atoms with Gasteiger partial charge in [0.1, 0.15) is 18.2 Å². The second-order valence-corrected chi connectivity index (χ2v) is 8.83. The maximum Gasteiger partial charge on any atom is 0.264 e. The highest BCUT2D eigenvalue weighted by Gasteiger charge is 2.24. The number of nitrogens with one attached hydrogen (secondary N) is 1. The molecule has 1 N–H and O–H groups in total. The number of aliphatic imine (C=N–C) groups is 1. The molecule has 6 nitrogen and oxygen atoms in total. The number of amidine groups is 1. The second-order valence-electron chi connectivity index (χ2n) is 7.80. The van der Waals surface area contributed by atoms with Crippen molar-refractivity contribution in [2.24, 2.45) is 4.99 Å². The summed E-state index contributed by atoms with van der Waals surface area (Å²) in [6.45, 7) is 4.10. The number of ether oxygens (including phenoxy) is 3. The first kappa shape index (κ1) is 25.1. The lowest BCUT2D eigenvalue weighted by molar-refractivity contribution is -0.115. The lowest BCUT2D eigenvalue weighted by Gasteiger charge is -2.16. The molecule has 4 rings (SSSR count). The number of nitrogens with zero attached hydrogens (tertiary/aromatic N) is 1. The summed E-state index contributed by atoms with van der Waals surface area (Å²) in [4.78, 5) is 17.6. The summed E-state index contributed by atoms with van der Waals surface area (Å²) in [6.07, 6.45) is 4.10. The summed E-state index contributed by atoms with van der Waals surface area (Å²) in [5, 5.41) is 3.29. The van der Waals surface area contributed by atoms with Gasteiger partial charge in [-0.2, -0.15) is 0 Å². The van der Waals surface area contributed by atoms with Crippen LogP contribution in [0.4, 0.5) is 10.1 Å². The number of benzene rings is 3. The van der Waals surface area contributed by atoms with Gasteiger partial charge in [0.25, 0.3) is 5.91 Å². The number of hydrogen-bond acceptors (Lipinski definition) is 6. The quantitative estimate of drug-likeness (QED) is 0.284. The largest absolute Gasteiger partial charge is 0.497 e. The van der Waals surface area contributed by atoms with E-state index in [1.54, 1.807) is 38.5 Å². The van der Waals surface area contributed by atoms with E-state index in [1.165, 1.54) is 23.9 Å². The average Bonchev–Trinajstić information content (AvgIpc) is 3.22. The summed E-state index contributed by atoms with van der Waals surface area (Å²) in [6, 6.07) is 17.1. The minimum Gasteiger partial charge on any atom is -0.497 e. The predicted molar refractivity (Wildman–Crippen MR) is 141 cm³/mol. The Labute approximate surface area is 213 Å². The van der Waals surface area contributed by atoms with Gasteiger partial charge in [0.05, 0.1) is 24.8 Å². The van der Waals surface area contributed by atoms with Gasteiger partial charge in [-0.3, -0.25) is 4.79 Å². The molecule has 0 aliphatic carbocycles. The number of hydrogen-bond donors (Lipinski definition) is 1. The van der Waals surface area contributed by atoms with Crippen molar-refractivity contribution in [2.45, 2.75) is 13.0 Å². The van der Waals surface area contributed by atoms with Crippen LogP contribution in [0, 0.1) is 5.82 Å². The summed E-state index contributed by atoms with van der Waals surface area (Å²) in [7, 11) is 3.16. The maximum absolute atomic E-state index is 13.2. The Balaban J connectivity index is 1.57. The van der Waals surface area contributed by atoms with E-state index in [-0.39, 0.29) is 18.3 Å². The van der Waals surface area contributed by atoms with Crippen molar-refractivity contribution < 1.29 is 23.4 Å². The van der Waals surface area contributed by atoms with E-state index in [9.17, 15) is 9.18 Å². The number of carbonyl (C=O) groups excluding carboxylic acids is 1. The molecular weight excluding hydrogens is 479 g/mol. The Morgan fingerprint density at radius 1 is 1.06 bits per heavy atom. The first-order valence-corrected chi connectivity index (χ1v) is 11.9. The number of methoxy groups -OCH3 is 2. The van der Waals surface area contributed by atoms with Gasteiger partial charge in [-0.05, 0) is 83.9 Å². The molecule has 1 aliphatic rings. The Hall–Kier alpha value is -4.04. The minimum atomic E-state index is -0.299. The van der Waals surface area contributed by atoms with Gasteiger partial charge in [0.15, 0.2) is 16.7 Å². The van der Waals surface area contributed by atoms with Crippen LogP contribution in [0.1, 0.15) is 16.7 Å². The Bertz CT molecular complexity index is 1320. The molecular formula is C28H25FN2O4S. The van der Waals surface area contributed by atoms with Gasteiger partial charge in [-0.25, -0.2) is 9.38 Å². The van der Waals surface area contributed by atoms with E-state index < -0.39 is 0 Å². The zero-order chi connectivity index (χ0) is 25.5. The van der Waals surface area contributed by atoms with Crippen LogP contribution in [-0.2, 0) is 17.8 Å². The highest BCUT2D eigenvalue weighted by Crippen LogP contribution is 2.36. The fourth-order valence-electron chi connectivity index (χ4n) is 3.53. The van der Waals surface area contributed by atoms with Crippen LogP contribution in [0.2, 0.25) is 0 Å². The molecule has 0 radical (unpaired) electrons. The van der Waals surface area contributed by atoms with E-state index in [0.717, 1.165) is 22.4 Å². The number of amides is 1. The molecule has 3 aromatic carbocycles. The third-order valence-electron chi connectivity index (χ3n) is 5.29. The molecule has 8 heteroatoms. The van der Waals surface area contributed by atoms with Crippen molar-refractivity contribution in [1.82, 2.24) is 5.32 Å².